The molecule has 1 aromatic carbocycles. The first-order valence-corrected chi connectivity index (χ1v) is 6.78. The van der Waals surface area contributed by atoms with E-state index >= 15 is 0 Å². The SMILES string of the molecule is O=C(c1ccc(F)c(Br)c1)N1CCCC1CCl. The van der Waals surface area contributed by atoms with E-state index in [9.17, 15) is 9.18 Å². The highest BCUT2D eigenvalue weighted by Gasteiger charge is 2.28. The van der Waals surface area contributed by atoms with Crippen molar-refractivity contribution in [2.24, 2.45) is 0 Å². The predicted octanol–water partition coefficient (Wildman–Crippen LogP) is 3.43. The number of carbonyl (C=O) groups excluding carboxylic acids is 1. The summed E-state index contributed by atoms with van der Waals surface area (Å²) in [5.74, 6) is 0.0133. The van der Waals surface area contributed by atoms with Crippen LogP contribution in [0.15, 0.2) is 22.7 Å². The molecule has 0 aromatic heterocycles. The molecule has 1 aromatic rings. The summed E-state index contributed by atoms with van der Waals surface area (Å²) in [5, 5.41) is 0. The number of nitrogens with zero attached hydrogens (tertiary/aromatic N) is 1. The van der Waals surface area contributed by atoms with Gasteiger partial charge in [0.1, 0.15) is 5.82 Å². The number of amides is 1. The summed E-state index contributed by atoms with van der Waals surface area (Å²) in [6, 6.07) is 4.42. The lowest BCUT2D eigenvalue weighted by Gasteiger charge is -2.23. The molecule has 0 saturated carbocycles. The number of halogens is 3. The van der Waals surface area contributed by atoms with Gasteiger partial charge in [0, 0.05) is 24.0 Å². The van der Waals surface area contributed by atoms with E-state index in [1.165, 1.54) is 18.2 Å². The Kier molecular flexibility index (Phi) is 4.05. The summed E-state index contributed by atoms with van der Waals surface area (Å²) in [6.07, 6.45) is 1.92. The lowest BCUT2D eigenvalue weighted by molar-refractivity contribution is 0.0749. The molecule has 5 heteroatoms. The number of rotatable bonds is 2. The van der Waals surface area contributed by atoms with Crippen LogP contribution >= 0.6 is 27.5 Å². The van der Waals surface area contributed by atoms with Crippen LogP contribution < -0.4 is 0 Å². The molecule has 1 unspecified atom stereocenters. The van der Waals surface area contributed by atoms with Gasteiger partial charge in [-0.1, -0.05) is 0 Å². The molecule has 17 heavy (non-hydrogen) atoms. The minimum absolute atomic E-state index is 0.0751. The maximum Gasteiger partial charge on any atom is 0.254 e. The third-order valence-electron chi connectivity index (χ3n) is 2.98. The predicted molar refractivity (Wildman–Crippen MR) is 68.9 cm³/mol. The third-order valence-corrected chi connectivity index (χ3v) is 3.95. The Morgan fingerprint density at radius 2 is 2.35 bits per heavy atom. The van der Waals surface area contributed by atoms with Crippen LogP contribution in [-0.4, -0.2) is 29.3 Å². The fourth-order valence-electron chi connectivity index (χ4n) is 2.06. The molecule has 2 nitrogen and oxygen atoms in total. The minimum Gasteiger partial charge on any atom is -0.334 e. The quantitative estimate of drug-likeness (QED) is 0.765. The lowest BCUT2D eigenvalue weighted by Crippen LogP contribution is -2.36. The van der Waals surface area contributed by atoms with E-state index in [1.807, 2.05) is 0 Å². The molecule has 92 valence electrons. The molecular formula is C12H12BrClFNO. The van der Waals surface area contributed by atoms with Crippen LogP contribution in [0.4, 0.5) is 4.39 Å². The Morgan fingerprint density at radius 3 is 3.00 bits per heavy atom. The van der Waals surface area contributed by atoms with Crippen molar-refractivity contribution >= 4 is 33.4 Å². The van der Waals surface area contributed by atoms with E-state index in [4.69, 9.17) is 11.6 Å². The molecule has 1 atom stereocenters. The second kappa shape index (κ2) is 5.36. The molecule has 0 N–H and O–H groups in total. The average Bonchev–Trinajstić information content (AvgIpc) is 2.80. The topological polar surface area (TPSA) is 20.3 Å². The highest BCUT2D eigenvalue weighted by molar-refractivity contribution is 9.10. The second-order valence-electron chi connectivity index (χ2n) is 4.08. The monoisotopic (exact) mass is 319 g/mol. The van der Waals surface area contributed by atoms with Gasteiger partial charge in [-0.2, -0.15) is 0 Å². The summed E-state index contributed by atoms with van der Waals surface area (Å²) in [7, 11) is 0. The Labute approximate surface area is 113 Å². The Morgan fingerprint density at radius 1 is 1.59 bits per heavy atom. The standard InChI is InChI=1S/C12H12BrClFNO/c13-10-6-8(3-4-11(10)15)12(17)16-5-1-2-9(16)7-14/h3-4,6,9H,1-2,5,7H2. The van der Waals surface area contributed by atoms with Gasteiger partial charge in [-0.15, -0.1) is 11.6 Å². The number of likely N-dealkylation sites (tertiary alicyclic amines) is 1. The number of hydrogen-bond donors (Lipinski definition) is 0. The van der Waals surface area contributed by atoms with Crippen molar-refractivity contribution < 1.29 is 9.18 Å². The molecule has 0 spiro atoms. The molecule has 1 aliphatic heterocycles. The van der Waals surface area contributed by atoms with Crippen molar-refractivity contribution in [3.8, 4) is 0 Å². The van der Waals surface area contributed by atoms with Crippen molar-refractivity contribution in [2.75, 3.05) is 12.4 Å². The number of benzene rings is 1. The summed E-state index contributed by atoms with van der Waals surface area (Å²) in [6.45, 7) is 0.727. The Balaban J connectivity index is 2.21. The molecular weight excluding hydrogens is 308 g/mol. The Bertz CT molecular complexity index is 441. The maximum atomic E-state index is 13.1. The zero-order valence-electron chi connectivity index (χ0n) is 9.13. The highest BCUT2D eigenvalue weighted by Crippen LogP contribution is 2.23. The summed E-state index contributed by atoms with van der Waals surface area (Å²) in [4.78, 5) is 14.0. The summed E-state index contributed by atoms with van der Waals surface area (Å²) in [5.41, 5.74) is 0.496. The number of alkyl halides is 1. The molecule has 2 rings (SSSR count). The largest absolute Gasteiger partial charge is 0.334 e. The minimum atomic E-state index is -0.364. The molecule has 1 heterocycles. The van der Waals surface area contributed by atoms with Gasteiger partial charge in [0.2, 0.25) is 0 Å². The first-order chi connectivity index (χ1) is 8.13. The maximum absolute atomic E-state index is 13.1. The Hall–Kier alpha value is -0.610. The first kappa shape index (κ1) is 12.8. The van der Waals surface area contributed by atoms with E-state index in [0.29, 0.717) is 15.9 Å². The van der Waals surface area contributed by atoms with Crippen molar-refractivity contribution in [3.63, 3.8) is 0 Å². The van der Waals surface area contributed by atoms with Crippen LogP contribution in [0.5, 0.6) is 0 Å². The van der Waals surface area contributed by atoms with Crippen molar-refractivity contribution in [3.05, 3.63) is 34.1 Å². The number of hydrogen-bond acceptors (Lipinski definition) is 1. The second-order valence-corrected chi connectivity index (χ2v) is 5.24. The molecule has 0 bridgehead atoms. The van der Waals surface area contributed by atoms with Crippen LogP contribution in [0, 0.1) is 5.82 Å². The molecule has 0 radical (unpaired) electrons. The van der Waals surface area contributed by atoms with E-state index in [2.05, 4.69) is 15.9 Å². The third kappa shape index (κ3) is 2.63. The van der Waals surface area contributed by atoms with Crippen LogP contribution in [0.2, 0.25) is 0 Å². The van der Waals surface area contributed by atoms with E-state index in [-0.39, 0.29) is 17.8 Å². The number of carbonyl (C=O) groups is 1. The highest BCUT2D eigenvalue weighted by atomic mass is 79.9. The van der Waals surface area contributed by atoms with E-state index in [0.717, 1.165) is 19.4 Å². The molecule has 1 fully saturated rings. The molecule has 1 aliphatic rings. The molecule has 0 aliphatic carbocycles. The van der Waals surface area contributed by atoms with Crippen molar-refractivity contribution in [2.45, 2.75) is 18.9 Å². The zero-order chi connectivity index (χ0) is 12.4. The zero-order valence-corrected chi connectivity index (χ0v) is 11.5. The van der Waals surface area contributed by atoms with Crippen molar-refractivity contribution in [1.82, 2.24) is 4.90 Å². The normalized spacial score (nSPS) is 19.7. The average molecular weight is 321 g/mol. The van der Waals surface area contributed by atoms with Gasteiger partial charge < -0.3 is 4.90 Å². The lowest BCUT2D eigenvalue weighted by atomic mass is 10.2. The summed E-state index contributed by atoms with van der Waals surface area (Å²) < 4.78 is 13.4. The van der Waals surface area contributed by atoms with E-state index < -0.39 is 0 Å². The molecule has 1 saturated heterocycles. The fraction of sp³-hybridized carbons (Fsp3) is 0.417. The fourth-order valence-corrected chi connectivity index (χ4v) is 2.76. The van der Waals surface area contributed by atoms with Crippen LogP contribution in [0.1, 0.15) is 23.2 Å². The smallest absolute Gasteiger partial charge is 0.254 e. The van der Waals surface area contributed by atoms with Gasteiger partial charge in [0.15, 0.2) is 0 Å². The first-order valence-electron chi connectivity index (χ1n) is 5.45. The van der Waals surface area contributed by atoms with E-state index in [1.54, 1.807) is 4.90 Å². The van der Waals surface area contributed by atoms with Crippen LogP contribution in [-0.2, 0) is 0 Å². The van der Waals surface area contributed by atoms with Gasteiger partial charge in [-0.05, 0) is 47.0 Å². The molecule has 1 amide bonds. The summed E-state index contributed by atoms with van der Waals surface area (Å²) >= 11 is 8.91. The van der Waals surface area contributed by atoms with Gasteiger partial charge in [0.25, 0.3) is 5.91 Å². The van der Waals surface area contributed by atoms with Gasteiger partial charge >= 0.3 is 0 Å². The van der Waals surface area contributed by atoms with Crippen LogP contribution in [0.3, 0.4) is 0 Å². The van der Waals surface area contributed by atoms with Gasteiger partial charge in [-0.3, -0.25) is 4.79 Å². The van der Waals surface area contributed by atoms with Gasteiger partial charge in [-0.25, -0.2) is 4.39 Å². The van der Waals surface area contributed by atoms with Crippen LogP contribution in [0.25, 0.3) is 0 Å². The van der Waals surface area contributed by atoms with Gasteiger partial charge in [0.05, 0.1) is 4.47 Å². The van der Waals surface area contributed by atoms with Crippen molar-refractivity contribution in [1.29, 1.82) is 0 Å².